The minimum Gasteiger partial charge on any atom is -0.496 e. The summed E-state index contributed by atoms with van der Waals surface area (Å²) in [4.78, 5) is 14.4. The number of aromatic nitrogens is 3. The molecule has 0 aliphatic carbocycles. The highest BCUT2D eigenvalue weighted by atomic mass is 32.2. The molecule has 0 spiro atoms. The summed E-state index contributed by atoms with van der Waals surface area (Å²) >= 11 is 1.45. The van der Waals surface area contributed by atoms with Crippen LogP contribution in [0, 0.1) is 0 Å². The number of rotatable bonds is 5. The van der Waals surface area contributed by atoms with Crippen molar-refractivity contribution in [3.63, 3.8) is 0 Å². The molecule has 7 heteroatoms. The number of carbonyl (C=O) groups excluding carboxylic acids is 1. The average Bonchev–Trinajstić information content (AvgIpc) is 3.25. The van der Waals surface area contributed by atoms with E-state index in [1.54, 1.807) is 7.11 Å². The molecule has 0 radical (unpaired) electrons. The molecule has 1 aliphatic heterocycles. The van der Waals surface area contributed by atoms with Crippen molar-refractivity contribution in [3.8, 4) is 17.1 Å². The van der Waals surface area contributed by atoms with E-state index in [9.17, 15) is 4.79 Å². The van der Waals surface area contributed by atoms with Crippen molar-refractivity contribution >= 4 is 17.7 Å². The summed E-state index contributed by atoms with van der Waals surface area (Å²) < 4.78 is 7.32. The second-order valence-corrected chi connectivity index (χ2v) is 7.17. The van der Waals surface area contributed by atoms with Gasteiger partial charge in [-0.05, 0) is 31.9 Å². The lowest BCUT2D eigenvalue weighted by Gasteiger charge is -2.19. The fourth-order valence-electron chi connectivity index (χ4n) is 2.88. The van der Waals surface area contributed by atoms with E-state index in [-0.39, 0.29) is 11.2 Å². The van der Waals surface area contributed by atoms with E-state index in [4.69, 9.17) is 4.74 Å². The molecule has 1 saturated heterocycles. The van der Waals surface area contributed by atoms with Crippen molar-refractivity contribution in [2.45, 2.75) is 30.2 Å². The molecule has 128 valence electrons. The lowest BCUT2D eigenvalue weighted by Crippen LogP contribution is -2.34. The van der Waals surface area contributed by atoms with Crippen molar-refractivity contribution in [1.29, 1.82) is 0 Å². The monoisotopic (exact) mass is 346 g/mol. The molecule has 1 aromatic heterocycles. The number of nitrogens with zero attached hydrogens (tertiary/aromatic N) is 4. The first kappa shape index (κ1) is 16.8. The summed E-state index contributed by atoms with van der Waals surface area (Å²) in [7, 11) is 3.55. The van der Waals surface area contributed by atoms with Crippen molar-refractivity contribution in [2.75, 3.05) is 20.2 Å². The summed E-state index contributed by atoms with van der Waals surface area (Å²) in [6.45, 7) is 3.67. The molecule has 24 heavy (non-hydrogen) atoms. The number of methoxy groups -OCH3 is 1. The van der Waals surface area contributed by atoms with Crippen molar-refractivity contribution < 1.29 is 9.53 Å². The summed E-state index contributed by atoms with van der Waals surface area (Å²) in [6.07, 6.45) is 2.20. The van der Waals surface area contributed by atoms with Crippen LogP contribution in [0.25, 0.3) is 11.4 Å². The average molecular weight is 346 g/mol. The molecule has 3 rings (SSSR count). The number of carbonyl (C=O) groups is 1. The zero-order valence-electron chi connectivity index (χ0n) is 14.2. The third-order valence-corrected chi connectivity index (χ3v) is 5.35. The van der Waals surface area contributed by atoms with Crippen molar-refractivity contribution in [3.05, 3.63) is 24.3 Å². The van der Waals surface area contributed by atoms with Gasteiger partial charge in [0.05, 0.1) is 17.9 Å². The molecule has 1 amide bonds. The van der Waals surface area contributed by atoms with E-state index < -0.39 is 0 Å². The SMILES string of the molecule is COc1ccccc1-c1nnc(S[C@@H](C)C(=O)N2CCCC2)n1C. The Morgan fingerprint density at radius 2 is 1.96 bits per heavy atom. The van der Waals surface area contributed by atoms with Gasteiger partial charge in [-0.3, -0.25) is 4.79 Å². The number of para-hydroxylation sites is 1. The van der Waals surface area contributed by atoms with E-state index in [1.807, 2.05) is 47.7 Å². The Morgan fingerprint density at radius 1 is 1.25 bits per heavy atom. The lowest BCUT2D eigenvalue weighted by atomic mass is 10.2. The van der Waals surface area contributed by atoms with E-state index in [0.29, 0.717) is 0 Å². The number of amides is 1. The molecule has 0 unspecified atom stereocenters. The predicted molar refractivity (Wildman–Crippen MR) is 94.1 cm³/mol. The van der Waals surface area contributed by atoms with Crippen LogP contribution < -0.4 is 4.74 Å². The maximum atomic E-state index is 12.5. The topological polar surface area (TPSA) is 60.3 Å². The van der Waals surface area contributed by atoms with Crippen LogP contribution in [-0.2, 0) is 11.8 Å². The molecule has 1 aromatic carbocycles. The minimum atomic E-state index is -0.170. The Morgan fingerprint density at radius 3 is 2.67 bits per heavy atom. The fraction of sp³-hybridized carbons (Fsp3) is 0.471. The van der Waals surface area contributed by atoms with Crippen LogP contribution >= 0.6 is 11.8 Å². The van der Waals surface area contributed by atoms with E-state index in [1.165, 1.54) is 11.8 Å². The van der Waals surface area contributed by atoms with Crippen LogP contribution in [0.3, 0.4) is 0 Å². The predicted octanol–water partition coefficient (Wildman–Crippen LogP) is 2.59. The first-order valence-electron chi connectivity index (χ1n) is 8.10. The van der Waals surface area contributed by atoms with Gasteiger partial charge < -0.3 is 14.2 Å². The summed E-state index contributed by atoms with van der Waals surface area (Å²) in [6, 6.07) is 7.72. The van der Waals surface area contributed by atoms with Crippen LogP contribution in [0.4, 0.5) is 0 Å². The zero-order chi connectivity index (χ0) is 17.1. The molecular formula is C17H22N4O2S. The number of hydrogen-bond acceptors (Lipinski definition) is 5. The summed E-state index contributed by atoms with van der Waals surface area (Å²) in [5.74, 6) is 1.67. The highest BCUT2D eigenvalue weighted by molar-refractivity contribution is 8.00. The Hall–Kier alpha value is -2.02. The minimum absolute atomic E-state index is 0.170. The molecule has 6 nitrogen and oxygen atoms in total. The smallest absolute Gasteiger partial charge is 0.235 e. The Bertz CT molecular complexity index is 725. The number of thioether (sulfide) groups is 1. The Kier molecular flexibility index (Phi) is 5.08. The second-order valence-electron chi connectivity index (χ2n) is 5.86. The Balaban J connectivity index is 1.78. The number of benzene rings is 1. The molecule has 1 atom stereocenters. The van der Waals surface area contributed by atoms with Gasteiger partial charge in [-0.15, -0.1) is 10.2 Å². The van der Waals surface area contributed by atoms with Gasteiger partial charge in [0.15, 0.2) is 11.0 Å². The molecular weight excluding hydrogens is 324 g/mol. The maximum absolute atomic E-state index is 12.5. The number of hydrogen-bond donors (Lipinski definition) is 0. The Labute approximate surface area is 146 Å². The standard InChI is InChI=1S/C17H22N4O2S/c1-12(16(22)21-10-6-7-11-21)24-17-19-18-15(20(17)2)13-8-4-5-9-14(13)23-3/h4-5,8-9,12H,6-7,10-11H2,1-3H3/t12-/m0/s1. The lowest BCUT2D eigenvalue weighted by molar-refractivity contribution is -0.129. The van der Waals surface area contributed by atoms with E-state index >= 15 is 0 Å². The van der Waals surface area contributed by atoms with Gasteiger partial charge in [0, 0.05) is 20.1 Å². The third-order valence-electron chi connectivity index (χ3n) is 4.23. The third kappa shape index (κ3) is 3.26. The highest BCUT2D eigenvalue weighted by Crippen LogP contribution is 2.31. The normalized spacial score (nSPS) is 15.5. The molecule has 2 aromatic rings. The van der Waals surface area contributed by atoms with Gasteiger partial charge in [-0.25, -0.2) is 0 Å². The van der Waals surface area contributed by atoms with E-state index in [0.717, 1.165) is 48.2 Å². The number of likely N-dealkylation sites (tertiary alicyclic amines) is 1. The number of ether oxygens (including phenoxy) is 1. The van der Waals surface area contributed by atoms with Crippen molar-refractivity contribution in [1.82, 2.24) is 19.7 Å². The largest absolute Gasteiger partial charge is 0.496 e. The molecule has 0 N–H and O–H groups in total. The quantitative estimate of drug-likeness (QED) is 0.779. The van der Waals surface area contributed by atoms with Gasteiger partial charge >= 0.3 is 0 Å². The van der Waals surface area contributed by atoms with E-state index in [2.05, 4.69) is 10.2 Å². The maximum Gasteiger partial charge on any atom is 0.235 e. The zero-order valence-corrected chi connectivity index (χ0v) is 15.0. The summed E-state index contributed by atoms with van der Waals surface area (Å²) in [5.41, 5.74) is 0.889. The molecule has 0 saturated carbocycles. The van der Waals surface area contributed by atoms with Crippen molar-refractivity contribution in [2.24, 2.45) is 7.05 Å². The van der Waals surface area contributed by atoms with Crippen LogP contribution in [-0.4, -0.2) is 51.0 Å². The molecule has 2 heterocycles. The van der Waals surface area contributed by atoms with Gasteiger partial charge in [0.2, 0.25) is 5.91 Å². The molecule has 0 bridgehead atoms. The van der Waals surface area contributed by atoms with Gasteiger partial charge in [-0.2, -0.15) is 0 Å². The highest BCUT2D eigenvalue weighted by Gasteiger charge is 2.26. The first-order chi connectivity index (χ1) is 11.6. The molecule has 1 fully saturated rings. The fourth-order valence-corrected chi connectivity index (χ4v) is 3.78. The van der Waals surface area contributed by atoms with Crippen LogP contribution in [0.1, 0.15) is 19.8 Å². The van der Waals surface area contributed by atoms with Crippen LogP contribution in [0.15, 0.2) is 29.4 Å². The van der Waals surface area contributed by atoms with Gasteiger partial charge in [0.25, 0.3) is 0 Å². The first-order valence-corrected chi connectivity index (χ1v) is 8.98. The van der Waals surface area contributed by atoms with Crippen LogP contribution in [0.2, 0.25) is 0 Å². The second kappa shape index (κ2) is 7.25. The van der Waals surface area contributed by atoms with Crippen LogP contribution in [0.5, 0.6) is 5.75 Å². The van der Waals surface area contributed by atoms with Gasteiger partial charge in [-0.1, -0.05) is 23.9 Å². The van der Waals surface area contributed by atoms with Gasteiger partial charge in [0.1, 0.15) is 5.75 Å². The summed E-state index contributed by atoms with van der Waals surface area (Å²) in [5, 5.41) is 9.12. The molecule has 1 aliphatic rings.